The minimum Gasteiger partial charge on any atom is -0.372 e. The molecule has 28 heavy (non-hydrogen) atoms. The van der Waals surface area contributed by atoms with E-state index < -0.39 is 0 Å². The van der Waals surface area contributed by atoms with Gasteiger partial charge in [-0.25, -0.2) is 9.97 Å². The Morgan fingerprint density at radius 1 is 1.14 bits per heavy atom. The largest absolute Gasteiger partial charge is 0.372 e. The quantitative estimate of drug-likeness (QED) is 0.654. The van der Waals surface area contributed by atoms with Gasteiger partial charge in [0.15, 0.2) is 11.4 Å². The molecule has 2 fully saturated rings. The molecule has 5 nitrogen and oxygen atoms in total. The molecule has 0 bridgehead atoms. The van der Waals surface area contributed by atoms with Crippen molar-refractivity contribution in [2.75, 3.05) is 18.0 Å². The van der Waals surface area contributed by atoms with E-state index in [1.54, 1.807) is 12.4 Å². The molecule has 0 radical (unpaired) electrons. The van der Waals surface area contributed by atoms with Gasteiger partial charge < -0.3 is 9.88 Å². The zero-order chi connectivity index (χ0) is 19.1. The number of anilines is 1. The molecule has 5 heteroatoms. The maximum Gasteiger partial charge on any atom is 0.172 e. The van der Waals surface area contributed by atoms with Crippen LogP contribution in [0, 0.1) is 5.41 Å². The van der Waals surface area contributed by atoms with Gasteiger partial charge in [-0.3, -0.25) is 4.79 Å². The van der Waals surface area contributed by atoms with Crippen molar-refractivity contribution < 1.29 is 4.79 Å². The van der Waals surface area contributed by atoms with Crippen molar-refractivity contribution >= 4 is 22.6 Å². The van der Waals surface area contributed by atoms with Gasteiger partial charge in [0.25, 0.3) is 0 Å². The highest BCUT2D eigenvalue weighted by molar-refractivity contribution is 6.08. The van der Waals surface area contributed by atoms with Gasteiger partial charge in [-0.1, -0.05) is 31.9 Å². The fraction of sp³-hybridized carbons (Fsp3) is 0.435. The van der Waals surface area contributed by atoms with Crippen LogP contribution in [0.5, 0.6) is 0 Å². The van der Waals surface area contributed by atoms with Crippen molar-refractivity contribution in [1.29, 1.82) is 0 Å². The number of carbonyl (C=O) groups excluding carboxylic acids is 1. The van der Waals surface area contributed by atoms with Crippen molar-refractivity contribution in [2.45, 2.75) is 45.4 Å². The first kappa shape index (κ1) is 17.4. The van der Waals surface area contributed by atoms with Crippen molar-refractivity contribution in [3.63, 3.8) is 0 Å². The van der Waals surface area contributed by atoms with Gasteiger partial charge >= 0.3 is 0 Å². The first-order valence-electron chi connectivity index (χ1n) is 10.4. The summed E-state index contributed by atoms with van der Waals surface area (Å²) in [6, 6.07) is 8.50. The summed E-state index contributed by atoms with van der Waals surface area (Å²) < 4.78 is 0. The van der Waals surface area contributed by atoms with Crippen LogP contribution in [0.2, 0.25) is 0 Å². The van der Waals surface area contributed by atoms with Gasteiger partial charge in [0.2, 0.25) is 0 Å². The number of fused-ring (bicyclic) bond motifs is 1. The average molecular weight is 374 g/mol. The molecule has 3 heterocycles. The SMILES string of the molecule is CC1(C(=O)c2c[nH]c3ncc(-c4cccc(N5CCCC5)c4)nc23)CCCC1. The van der Waals surface area contributed by atoms with E-state index in [9.17, 15) is 4.79 Å². The number of hydrogen-bond acceptors (Lipinski definition) is 4. The second-order valence-electron chi connectivity index (χ2n) is 8.50. The summed E-state index contributed by atoms with van der Waals surface area (Å²) in [6.45, 7) is 4.32. The summed E-state index contributed by atoms with van der Waals surface area (Å²) in [5, 5.41) is 0. The number of nitrogens with one attached hydrogen (secondary N) is 1. The maximum atomic E-state index is 13.2. The molecule has 1 saturated heterocycles. The molecular weight excluding hydrogens is 348 g/mol. The predicted molar refractivity (Wildman–Crippen MR) is 112 cm³/mol. The first-order chi connectivity index (χ1) is 13.6. The molecule has 5 rings (SSSR count). The molecule has 0 spiro atoms. The van der Waals surface area contributed by atoms with E-state index in [0.717, 1.165) is 50.0 Å². The van der Waals surface area contributed by atoms with Gasteiger partial charge in [0, 0.05) is 36.0 Å². The van der Waals surface area contributed by atoms with E-state index in [1.165, 1.54) is 18.5 Å². The van der Waals surface area contributed by atoms with Crippen LogP contribution in [0.3, 0.4) is 0 Å². The number of ketones is 1. The summed E-state index contributed by atoms with van der Waals surface area (Å²) in [5.74, 6) is 0.202. The molecule has 1 N–H and O–H groups in total. The fourth-order valence-electron chi connectivity index (χ4n) is 4.75. The van der Waals surface area contributed by atoms with Crippen LogP contribution in [0.4, 0.5) is 5.69 Å². The minimum atomic E-state index is -0.261. The van der Waals surface area contributed by atoms with Gasteiger partial charge in [-0.05, 0) is 37.8 Å². The molecule has 0 unspecified atom stereocenters. The summed E-state index contributed by atoms with van der Waals surface area (Å²) in [4.78, 5) is 28.2. The van der Waals surface area contributed by atoms with E-state index in [-0.39, 0.29) is 11.2 Å². The number of nitrogens with zero attached hydrogens (tertiary/aromatic N) is 3. The van der Waals surface area contributed by atoms with Crippen LogP contribution < -0.4 is 4.90 Å². The van der Waals surface area contributed by atoms with Gasteiger partial charge in [-0.2, -0.15) is 0 Å². The Kier molecular flexibility index (Phi) is 4.18. The molecule has 1 aliphatic carbocycles. The Labute approximate surface area is 165 Å². The van der Waals surface area contributed by atoms with Crippen LogP contribution in [-0.2, 0) is 0 Å². The van der Waals surface area contributed by atoms with Crippen molar-refractivity contribution in [2.24, 2.45) is 5.41 Å². The predicted octanol–water partition coefficient (Wildman–Crippen LogP) is 4.99. The molecule has 2 aromatic heterocycles. The first-order valence-corrected chi connectivity index (χ1v) is 10.4. The Morgan fingerprint density at radius 2 is 1.93 bits per heavy atom. The van der Waals surface area contributed by atoms with Gasteiger partial charge in [-0.15, -0.1) is 0 Å². The second-order valence-corrected chi connectivity index (χ2v) is 8.50. The number of hydrogen-bond donors (Lipinski definition) is 1. The number of H-pyrrole nitrogens is 1. The smallest absolute Gasteiger partial charge is 0.172 e. The number of carbonyl (C=O) groups is 1. The third-order valence-corrected chi connectivity index (χ3v) is 6.49. The lowest BCUT2D eigenvalue weighted by atomic mass is 9.81. The molecular formula is C23H26N4O. The van der Waals surface area contributed by atoms with E-state index in [2.05, 4.69) is 46.1 Å². The highest BCUT2D eigenvalue weighted by atomic mass is 16.1. The lowest BCUT2D eigenvalue weighted by Crippen LogP contribution is -2.24. The van der Waals surface area contributed by atoms with Crippen LogP contribution in [-0.4, -0.2) is 33.8 Å². The molecule has 2 aliphatic rings. The van der Waals surface area contributed by atoms with E-state index in [1.807, 2.05) is 0 Å². The Bertz CT molecular complexity index is 1030. The maximum absolute atomic E-state index is 13.2. The monoisotopic (exact) mass is 374 g/mol. The lowest BCUT2D eigenvalue weighted by Gasteiger charge is -2.21. The third kappa shape index (κ3) is 2.89. The highest BCUT2D eigenvalue weighted by Gasteiger charge is 2.38. The van der Waals surface area contributed by atoms with E-state index >= 15 is 0 Å². The zero-order valence-electron chi connectivity index (χ0n) is 16.4. The molecule has 1 aliphatic heterocycles. The fourth-order valence-corrected chi connectivity index (χ4v) is 4.75. The summed E-state index contributed by atoms with van der Waals surface area (Å²) in [6.07, 6.45) is 10.3. The van der Waals surface area contributed by atoms with Crippen LogP contribution in [0.15, 0.2) is 36.7 Å². The van der Waals surface area contributed by atoms with Gasteiger partial charge in [0.1, 0.15) is 5.52 Å². The Hall–Kier alpha value is -2.69. The molecule has 0 atom stereocenters. The molecule has 144 valence electrons. The van der Waals surface area contributed by atoms with Crippen LogP contribution in [0.1, 0.15) is 55.8 Å². The normalized spacial score (nSPS) is 18.8. The molecule has 3 aromatic rings. The van der Waals surface area contributed by atoms with Crippen LogP contribution in [0.25, 0.3) is 22.4 Å². The van der Waals surface area contributed by atoms with Crippen molar-refractivity contribution in [1.82, 2.24) is 15.0 Å². The number of aromatic nitrogens is 3. The third-order valence-electron chi connectivity index (χ3n) is 6.49. The van der Waals surface area contributed by atoms with Gasteiger partial charge in [0.05, 0.1) is 17.5 Å². The van der Waals surface area contributed by atoms with Crippen molar-refractivity contribution in [3.05, 3.63) is 42.2 Å². The summed E-state index contributed by atoms with van der Waals surface area (Å²) in [5.41, 5.74) is 4.91. The molecule has 1 saturated carbocycles. The summed E-state index contributed by atoms with van der Waals surface area (Å²) in [7, 11) is 0. The highest BCUT2D eigenvalue weighted by Crippen LogP contribution is 2.41. The second kappa shape index (κ2) is 6.73. The number of Topliss-reactive ketones (excluding diaryl/α,β-unsaturated/α-hetero) is 1. The Morgan fingerprint density at radius 3 is 2.71 bits per heavy atom. The molecule has 0 amide bonds. The standard InChI is InChI=1S/C23H26N4O/c1-23(9-2-3-10-23)21(28)18-14-24-22-20(18)26-19(15-25-22)16-7-6-8-17(13-16)27-11-4-5-12-27/h6-8,13-15H,2-5,9-12H2,1H3,(H,24,25). The zero-order valence-corrected chi connectivity index (χ0v) is 16.4. The van der Waals surface area contributed by atoms with Crippen LogP contribution >= 0.6 is 0 Å². The number of aromatic amines is 1. The number of rotatable bonds is 4. The average Bonchev–Trinajstić information content (AvgIpc) is 3.48. The van der Waals surface area contributed by atoms with E-state index in [4.69, 9.17) is 4.98 Å². The number of benzene rings is 1. The summed E-state index contributed by atoms with van der Waals surface area (Å²) >= 11 is 0. The topological polar surface area (TPSA) is 61.9 Å². The minimum absolute atomic E-state index is 0.202. The lowest BCUT2D eigenvalue weighted by molar-refractivity contribution is 0.0825. The Balaban J connectivity index is 1.53. The van der Waals surface area contributed by atoms with E-state index in [0.29, 0.717) is 16.7 Å². The molecule has 1 aromatic carbocycles. The van der Waals surface area contributed by atoms with Crippen molar-refractivity contribution in [3.8, 4) is 11.3 Å².